The average Bonchev–Trinajstić information content (AvgIpc) is 3.38. The van der Waals surface area contributed by atoms with Crippen LogP contribution >= 0.6 is 0 Å². The van der Waals surface area contributed by atoms with Crippen LogP contribution in [0, 0.1) is 6.92 Å². The zero-order valence-corrected chi connectivity index (χ0v) is 14.2. The molecule has 1 aliphatic heterocycles. The molecule has 1 atom stereocenters. The Morgan fingerprint density at radius 3 is 2.84 bits per heavy atom. The van der Waals surface area contributed by atoms with Crippen LogP contribution in [0.25, 0.3) is 11.5 Å². The van der Waals surface area contributed by atoms with Crippen molar-refractivity contribution in [1.82, 2.24) is 20.0 Å². The number of aromatic nitrogens is 3. The van der Waals surface area contributed by atoms with Crippen molar-refractivity contribution in [2.45, 2.75) is 25.8 Å². The Bertz CT molecular complexity index is 809. The number of likely N-dealkylation sites (tertiary alicyclic amines) is 1. The molecular formula is C18H21N5O2. The van der Waals surface area contributed by atoms with Gasteiger partial charge in [-0.25, -0.2) is 4.98 Å². The molecule has 0 bridgehead atoms. The minimum absolute atomic E-state index is 0.178. The van der Waals surface area contributed by atoms with Crippen LogP contribution in [0.3, 0.4) is 0 Å². The number of nitrogens with zero attached hydrogens (tertiary/aromatic N) is 4. The molecule has 7 heteroatoms. The van der Waals surface area contributed by atoms with E-state index in [1.54, 1.807) is 19.4 Å². The molecule has 0 unspecified atom stereocenters. The first-order chi connectivity index (χ1) is 12.3. The number of pyridine rings is 1. The number of nitrogens with one attached hydrogen (secondary N) is 1. The number of hydrogen-bond donors (Lipinski definition) is 1. The first kappa shape index (κ1) is 15.8. The van der Waals surface area contributed by atoms with Gasteiger partial charge < -0.3 is 14.3 Å². The van der Waals surface area contributed by atoms with Crippen LogP contribution in [0.5, 0.6) is 0 Å². The number of aryl methyl sites for hydroxylation is 1. The predicted octanol–water partition coefficient (Wildman–Crippen LogP) is 3.28. The molecule has 1 saturated heterocycles. The monoisotopic (exact) mass is 339 g/mol. The second-order valence-electron chi connectivity index (χ2n) is 6.20. The third-order valence-electron chi connectivity index (χ3n) is 4.48. The van der Waals surface area contributed by atoms with Crippen LogP contribution in [0.15, 0.2) is 45.7 Å². The summed E-state index contributed by atoms with van der Waals surface area (Å²) in [5, 5.41) is 7.31. The van der Waals surface area contributed by atoms with Crippen molar-refractivity contribution in [2.24, 2.45) is 0 Å². The predicted molar refractivity (Wildman–Crippen MR) is 93.0 cm³/mol. The van der Waals surface area contributed by atoms with E-state index in [2.05, 4.69) is 25.3 Å². The summed E-state index contributed by atoms with van der Waals surface area (Å²) in [5.74, 6) is 2.79. The van der Waals surface area contributed by atoms with Crippen LogP contribution in [0.4, 0.5) is 5.82 Å². The van der Waals surface area contributed by atoms with E-state index in [0.29, 0.717) is 18.3 Å². The van der Waals surface area contributed by atoms with E-state index in [0.717, 1.165) is 30.2 Å². The molecule has 1 aliphatic rings. The molecule has 25 heavy (non-hydrogen) atoms. The largest absolute Gasteiger partial charge is 0.468 e. The Hall–Kier alpha value is -2.67. The Morgan fingerprint density at radius 2 is 2.12 bits per heavy atom. The Morgan fingerprint density at radius 1 is 1.24 bits per heavy atom. The molecule has 3 aromatic heterocycles. The Kier molecular flexibility index (Phi) is 4.47. The summed E-state index contributed by atoms with van der Waals surface area (Å²) in [7, 11) is 0. The van der Waals surface area contributed by atoms with Gasteiger partial charge in [0.1, 0.15) is 11.6 Å². The fourth-order valence-electron chi connectivity index (χ4n) is 3.26. The summed E-state index contributed by atoms with van der Waals surface area (Å²) in [6, 6.07) is 7.94. The zero-order chi connectivity index (χ0) is 17.1. The first-order valence-electron chi connectivity index (χ1n) is 8.58. The Labute approximate surface area is 146 Å². The maximum Gasteiger partial charge on any atom is 0.261 e. The summed E-state index contributed by atoms with van der Waals surface area (Å²) in [6.07, 6.45) is 5.94. The summed E-state index contributed by atoms with van der Waals surface area (Å²) in [6.45, 7) is 4.68. The van der Waals surface area contributed by atoms with Crippen molar-refractivity contribution in [1.29, 1.82) is 0 Å². The highest BCUT2D eigenvalue weighted by molar-refractivity contribution is 5.68. The second-order valence-corrected chi connectivity index (χ2v) is 6.20. The standard InChI is InChI=1S/C18H21N5O2/c1-13-21-18(25-22-13)14-6-4-8-19-17(14)20-12-15(16-7-5-11-24-16)23-9-2-3-10-23/h4-8,11,15H,2-3,9-10,12H2,1H3,(H,19,20)/t15-/m0/s1. The molecule has 0 aliphatic carbocycles. The number of anilines is 1. The molecule has 0 aromatic carbocycles. The minimum Gasteiger partial charge on any atom is -0.468 e. The Balaban J connectivity index is 1.55. The highest BCUT2D eigenvalue weighted by atomic mass is 16.5. The van der Waals surface area contributed by atoms with Crippen molar-refractivity contribution in [3.05, 3.63) is 48.3 Å². The lowest BCUT2D eigenvalue weighted by Gasteiger charge is -2.26. The van der Waals surface area contributed by atoms with Gasteiger partial charge in [-0.05, 0) is 57.1 Å². The van der Waals surface area contributed by atoms with Gasteiger partial charge in [-0.15, -0.1) is 0 Å². The molecule has 3 aromatic rings. The van der Waals surface area contributed by atoms with Gasteiger partial charge in [-0.2, -0.15) is 4.98 Å². The molecule has 1 N–H and O–H groups in total. The average molecular weight is 339 g/mol. The van der Waals surface area contributed by atoms with E-state index in [1.165, 1.54) is 12.8 Å². The molecule has 130 valence electrons. The van der Waals surface area contributed by atoms with E-state index in [1.807, 2.05) is 24.3 Å². The third kappa shape index (κ3) is 3.41. The quantitative estimate of drug-likeness (QED) is 0.738. The van der Waals surface area contributed by atoms with Gasteiger partial charge in [-0.1, -0.05) is 5.16 Å². The van der Waals surface area contributed by atoms with Gasteiger partial charge in [0.05, 0.1) is 17.9 Å². The highest BCUT2D eigenvalue weighted by Gasteiger charge is 2.26. The topological polar surface area (TPSA) is 80.2 Å². The van der Waals surface area contributed by atoms with Gasteiger partial charge in [0.15, 0.2) is 5.82 Å². The van der Waals surface area contributed by atoms with Gasteiger partial charge >= 0.3 is 0 Å². The van der Waals surface area contributed by atoms with Crippen molar-refractivity contribution >= 4 is 5.82 Å². The van der Waals surface area contributed by atoms with E-state index in [9.17, 15) is 0 Å². The van der Waals surface area contributed by atoms with E-state index >= 15 is 0 Å². The summed E-state index contributed by atoms with van der Waals surface area (Å²) in [4.78, 5) is 11.2. The maximum atomic E-state index is 5.67. The fourth-order valence-corrected chi connectivity index (χ4v) is 3.26. The van der Waals surface area contributed by atoms with Crippen LogP contribution in [0.1, 0.15) is 30.5 Å². The van der Waals surface area contributed by atoms with Gasteiger partial charge in [0, 0.05) is 12.7 Å². The third-order valence-corrected chi connectivity index (χ3v) is 4.48. The molecular weight excluding hydrogens is 318 g/mol. The molecule has 4 rings (SSSR count). The SMILES string of the molecule is Cc1noc(-c2cccnc2NC[C@@H](c2ccco2)N2CCCC2)n1. The van der Waals surface area contributed by atoms with E-state index in [-0.39, 0.29) is 6.04 Å². The second kappa shape index (κ2) is 7.06. The van der Waals surface area contributed by atoms with Gasteiger partial charge in [0.2, 0.25) is 0 Å². The van der Waals surface area contributed by atoms with E-state index in [4.69, 9.17) is 8.94 Å². The minimum atomic E-state index is 0.178. The normalized spacial score (nSPS) is 16.2. The highest BCUT2D eigenvalue weighted by Crippen LogP contribution is 2.28. The van der Waals surface area contributed by atoms with Crippen molar-refractivity contribution in [2.75, 3.05) is 25.0 Å². The molecule has 0 saturated carbocycles. The van der Waals surface area contributed by atoms with Crippen LogP contribution in [-0.4, -0.2) is 39.7 Å². The van der Waals surface area contributed by atoms with Crippen LogP contribution in [0.2, 0.25) is 0 Å². The number of rotatable bonds is 6. The molecule has 1 fully saturated rings. The molecule has 4 heterocycles. The van der Waals surface area contributed by atoms with Crippen molar-refractivity contribution < 1.29 is 8.94 Å². The molecule has 7 nitrogen and oxygen atoms in total. The summed E-state index contributed by atoms with van der Waals surface area (Å²) >= 11 is 0. The lowest BCUT2D eigenvalue weighted by molar-refractivity contribution is 0.225. The lowest BCUT2D eigenvalue weighted by Crippen LogP contribution is -2.31. The van der Waals surface area contributed by atoms with Crippen LogP contribution in [-0.2, 0) is 0 Å². The van der Waals surface area contributed by atoms with Crippen LogP contribution < -0.4 is 5.32 Å². The fraction of sp³-hybridized carbons (Fsp3) is 0.389. The van der Waals surface area contributed by atoms with Gasteiger partial charge in [-0.3, -0.25) is 4.90 Å². The van der Waals surface area contributed by atoms with Crippen molar-refractivity contribution in [3.63, 3.8) is 0 Å². The number of hydrogen-bond acceptors (Lipinski definition) is 7. The lowest BCUT2D eigenvalue weighted by atomic mass is 10.2. The molecule has 0 spiro atoms. The zero-order valence-electron chi connectivity index (χ0n) is 14.2. The number of furan rings is 1. The van der Waals surface area contributed by atoms with Crippen molar-refractivity contribution in [3.8, 4) is 11.5 Å². The smallest absolute Gasteiger partial charge is 0.261 e. The van der Waals surface area contributed by atoms with E-state index < -0.39 is 0 Å². The molecule has 0 amide bonds. The summed E-state index contributed by atoms with van der Waals surface area (Å²) in [5.41, 5.74) is 0.808. The molecule has 0 radical (unpaired) electrons. The van der Waals surface area contributed by atoms with Gasteiger partial charge in [0.25, 0.3) is 5.89 Å². The first-order valence-corrected chi connectivity index (χ1v) is 8.58. The maximum absolute atomic E-state index is 5.67. The summed E-state index contributed by atoms with van der Waals surface area (Å²) < 4.78 is 11.0.